The third-order valence-corrected chi connectivity index (χ3v) is 4.59. The number of thiazole rings is 1. The normalized spacial score (nSPS) is 14.0. The number of rotatable bonds is 3. The van der Waals surface area contributed by atoms with Gasteiger partial charge < -0.3 is 10.6 Å². The maximum Gasteiger partial charge on any atom is 0.272 e. The number of halogens is 1. The molecule has 0 radical (unpaired) electrons. The van der Waals surface area contributed by atoms with Crippen LogP contribution in [0.1, 0.15) is 53.2 Å². The number of aromatic nitrogens is 3. The fraction of sp³-hybridized carbons (Fsp3) is 0.533. The van der Waals surface area contributed by atoms with E-state index in [0.717, 1.165) is 34.9 Å². The zero-order chi connectivity index (χ0) is 15.7. The van der Waals surface area contributed by atoms with Crippen LogP contribution in [0.25, 0.3) is 0 Å². The van der Waals surface area contributed by atoms with Crippen LogP contribution in [-0.4, -0.2) is 27.6 Å². The minimum atomic E-state index is -0.145. The standard InChI is InChI=1S/C15H21N5OS.ClH/c1-15(2,3)11-8-22-12(18-11)7-17-14(21)13-9-6-16-5-4-10(9)19-20-13;/h8,16H,4-7H2,1-3H3,(H,17,21)(H,19,20);1H. The van der Waals surface area contributed by atoms with Crippen molar-refractivity contribution in [3.8, 4) is 0 Å². The molecule has 2 aromatic rings. The Bertz CT molecular complexity index is 688. The van der Waals surface area contributed by atoms with Crippen molar-refractivity contribution in [2.24, 2.45) is 0 Å². The molecule has 0 bridgehead atoms. The average Bonchev–Trinajstić information content (AvgIpc) is 3.11. The predicted octanol–water partition coefficient (Wildman–Crippen LogP) is 2.16. The van der Waals surface area contributed by atoms with Gasteiger partial charge in [0.2, 0.25) is 0 Å². The summed E-state index contributed by atoms with van der Waals surface area (Å²) in [5.74, 6) is -0.145. The van der Waals surface area contributed by atoms with Gasteiger partial charge in [-0.15, -0.1) is 23.7 Å². The molecule has 1 aliphatic heterocycles. The summed E-state index contributed by atoms with van der Waals surface area (Å²) in [7, 11) is 0. The first kappa shape index (κ1) is 17.9. The molecule has 3 rings (SSSR count). The maximum absolute atomic E-state index is 12.3. The lowest BCUT2D eigenvalue weighted by Crippen LogP contribution is -2.28. The SMILES string of the molecule is CC(C)(C)c1csc(CNC(=O)c2n[nH]c3c2CNCC3)n1.Cl. The summed E-state index contributed by atoms with van der Waals surface area (Å²) in [6, 6.07) is 0. The first-order chi connectivity index (χ1) is 10.4. The number of nitrogens with one attached hydrogen (secondary N) is 3. The Kier molecular flexibility index (Phi) is 5.44. The van der Waals surface area contributed by atoms with E-state index in [1.54, 1.807) is 11.3 Å². The van der Waals surface area contributed by atoms with Crippen molar-refractivity contribution in [3.05, 3.63) is 33.0 Å². The Labute approximate surface area is 145 Å². The van der Waals surface area contributed by atoms with Gasteiger partial charge in [0.05, 0.1) is 12.2 Å². The number of hydrogen-bond donors (Lipinski definition) is 3. The minimum Gasteiger partial charge on any atom is -0.344 e. The van der Waals surface area contributed by atoms with Gasteiger partial charge in [-0.1, -0.05) is 20.8 Å². The van der Waals surface area contributed by atoms with E-state index in [-0.39, 0.29) is 23.7 Å². The van der Waals surface area contributed by atoms with Gasteiger partial charge in [0, 0.05) is 41.6 Å². The smallest absolute Gasteiger partial charge is 0.272 e. The van der Waals surface area contributed by atoms with Crippen LogP contribution in [0.15, 0.2) is 5.38 Å². The van der Waals surface area contributed by atoms with Crippen molar-refractivity contribution in [2.45, 2.75) is 45.7 Å². The number of nitrogens with zero attached hydrogens (tertiary/aromatic N) is 2. The van der Waals surface area contributed by atoms with Gasteiger partial charge in [-0.05, 0) is 0 Å². The van der Waals surface area contributed by atoms with Gasteiger partial charge in [-0.3, -0.25) is 9.89 Å². The summed E-state index contributed by atoms with van der Waals surface area (Å²) >= 11 is 1.58. The van der Waals surface area contributed by atoms with Crippen molar-refractivity contribution < 1.29 is 4.79 Å². The first-order valence-electron chi connectivity index (χ1n) is 7.45. The molecule has 6 nitrogen and oxygen atoms in total. The molecule has 0 aromatic carbocycles. The molecule has 0 saturated heterocycles. The van der Waals surface area contributed by atoms with Crippen LogP contribution in [0.4, 0.5) is 0 Å². The Morgan fingerprint density at radius 2 is 2.22 bits per heavy atom. The molecule has 1 aliphatic rings. The Morgan fingerprint density at radius 3 is 2.91 bits per heavy atom. The van der Waals surface area contributed by atoms with E-state index < -0.39 is 0 Å². The van der Waals surface area contributed by atoms with Crippen LogP contribution in [0.2, 0.25) is 0 Å². The molecule has 0 saturated carbocycles. The largest absolute Gasteiger partial charge is 0.344 e. The van der Waals surface area contributed by atoms with Crippen molar-refractivity contribution in [2.75, 3.05) is 6.54 Å². The number of hydrogen-bond acceptors (Lipinski definition) is 5. The van der Waals surface area contributed by atoms with Crippen molar-refractivity contribution in [3.63, 3.8) is 0 Å². The molecule has 3 N–H and O–H groups in total. The van der Waals surface area contributed by atoms with Gasteiger partial charge in [-0.25, -0.2) is 4.98 Å². The summed E-state index contributed by atoms with van der Waals surface area (Å²) in [5.41, 5.74) is 3.63. The summed E-state index contributed by atoms with van der Waals surface area (Å²) in [4.78, 5) is 16.9. The highest BCUT2D eigenvalue weighted by atomic mass is 35.5. The minimum absolute atomic E-state index is 0. The van der Waals surface area contributed by atoms with Crippen LogP contribution in [0, 0.1) is 0 Å². The highest BCUT2D eigenvalue weighted by molar-refractivity contribution is 7.09. The molecule has 3 heterocycles. The number of carbonyl (C=O) groups excluding carboxylic acids is 1. The van der Waals surface area contributed by atoms with E-state index in [0.29, 0.717) is 18.8 Å². The summed E-state index contributed by atoms with van der Waals surface area (Å²) < 4.78 is 0. The molecule has 0 fully saturated rings. The molecule has 2 aromatic heterocycles. The zero-order valence-electron chi connectivity index (χ0n) is 13.5. The van der Waals surface area contributed by atoms with Crippen molar-refractivity contribution in [1.29, 1.82) is 0 Å². The molecule has 126 valence electrons. The van der Waals surface area contributed by atoms with Crippen LogP contribution in [0.3, 0.4) is 0 Å². The second kappa shape index (κ2) is 6.98. The lowest BCUT2D eigenvalue weighted by atomic mass is 9.93. The Hall–Kier alpha value is -1.44. The van der Waals surface area contributed by atoms with Crippen LogP contribution < -0.4 is 10.6 Å². The number of fused-ring (bicyclic) bond motifs is 1. The molecule has 0 atom stereocenters. The van der Waals surface area contributed by atoms with Gasteiger partial charge >= 0.3 is 0 Å². The fourth-order valence-electron chi connectivity index (χ4n) is 2.39. The fourth-order valence-corrected chi connectivity index (χ4v) is 3.35. The Morgan fingerprint density at radius 1 is 1.43 bits per heavy atom. The molecule has 0 aliphatic carbocycles. The summed E-state index contributed by atoms with van der Waals surface area (Å²) in [5, 5.41) is 16.3. The van der Waals surface area contributed by atoms with Gasteiger partial charge in [0.15, 0.2) is 5.69 Å². The van der Waals surface area contributed by atoms with Crippen molar-refractivity contribution >= 4 is 29.7 Å². The van der Waals surface area contributed by atoms with Gasteiger partial charge in [0.25, 0.3) is 5.91 Å². The van der Waals surface area contributed by atoms with Gasteiger partial charge in [-0.2, -0.15) is 5.10 Å². The molecule has 0 spiro atoms. The number of aromatic amines is 1. The Balaban J connectivity index is 0.00000192. The quantitative estimate of drug-likeness (QED) is 0.788. The zero-order valence-corrected chi connectivity index (χ0v) is 15.2. The highest BCUT2D eigenvalue weighted by Crippen LogP contribution is 2.23. The molecule has 1 amide bonds. The predicted molar refractivity (Wildman–Crippen MR) is 93.2 cm³/mol. The molecule has 23 heavy (non-hydrogen) atoms. The van der Waals surface area contributed by atoms with Crippen LogP contribution in [0.5, 0.6) is 0 Å². The average molecular weight is 356 g/mol. The summed E-state index contributed by atoms with van der Waals surface area (Å²) in [6.45, 7) is 8.45. The van der Waals surface area contributed by atoms with Crippen LogP contribution >= 0.6 is 23.7 Å². The van der Waals surface area contributed by atoms with E-state index in [9.17, 15) is 4.79 Å². The molecule has 8 heteroatoms. The van der Waals surface area contributed by atoms with Gasteiger partial charge in [0.1, 0.15) is 5.01 Å². The number of amides is 1. The second-order valence-corrected chi connectivity index (χ2v) is 7.46. The molecular formula is C15H22ClN5OS. The number of carbonyl (C=O) groups is 1. The molecular weight excluding hydrogens is 334 g/mol. The van der Waals surface area contributed by atoms with E-state index in [1.807, 2.05) is 0 Å². The van der Waals surface area contributed by atoms with Crippen molar-refractivity contribution in [1.82, 2.24) is 25.8 Å². The first-order valence-corrected chi connectivity index (χ1v) is 8.33. The monoisotopic (exact) mass is 355 g/mol. The highest BCUT2D eigenvalue weighted by Gasteiger charge is 2.22. The lowest BCUT2D eigenvalue weighted by molar-refractivity contribution is 0.0944. The van der Waals surface area contributed by atoms with E-state index >= 15 is 0 Å². The second-order valence-electron chi connectivity index (χ2n) is 6.52. The lowest BCUT2D eigenvalue weighted by Gasteiger charge is -2.14. The third kappa shape index (κ3) is 3.91. The van der Waals surface area contributed by atoms with Crippen LogP contribution in [-0.2, 0) is 24.9 Å². The third-order valence-electron chi connectivity index (χ3n) is 3.74. The number of H-pyrrole nitrogens is 1. The van der Waals surface area contributed by atoms with E-state index in [4.69, 9.17) is 0 Å². The molecule has 0 unspecified atom stereocenters. The van der Waals surface area contributed by atoms with E-state index in [1.165, 1.54) is 0 Å². The maximum atomic E-state index is 12.3. The van der Waals surface area contributed by atoms with E-state index in [2.05, 4.69) is 52.0 Å². The topological polar surface area (TPSA) is 82.7 Å². The summed E-state index contributed by atoms with van der Waals surface area (Å²) in [6.07, 6.45) is 0.886.